The number of rotatable bonds is 6. The van der Waals surface area contributed by atoms with E-state index in [-0.39, 0.29) is 5.82 Å². The van der Waals surface area contributed by atoms with Crippen LogP contribution in [0.4, 0.5) is 10.1 Å². The maximum atomic E-state index is 14.6. The van der Waals surface area contributed by atoms with Crippen molar-refractivity contribution in [1.29, 1.82) is 0 Å². The topological polar surface area (TPSA) is 12.4 Å². The van der Waals surface area contributed by atoms with Crippen LogP contribution in [0.2, 0.25) is 0 Å². The number of allylic oxidation sites excluding steroid dienone is 1. The standard InChI is InChI=1S/C22H22FNS/c1-2-3-4-5-16-6-11-21(22(23)12-16)19-8-7-18-14-20(24-15-25)10-9-17(18)13-19/h6,9-14H,2-5,7-8H2,1H3. The fourth-order valence-electron chi connectivity index (χ4n) is 3.37. The minimum atomic E-state index is -0.106. The highest BCUT2D eigenvalue weighted by atomic mass is 32.1. The summed E-state index contributed by atoms with van der Waals surface area (Å²) in [6.07, 6.45) is 8.28. The summed E-state index contributed by atoms with van der Waals surface area (Å²) in [7, 11) is 0. The van der Waals surface area contributed by atoms with E-state index in [9.17, 15) is 4.39 Å². The molecule has 0 saturated carbocycles. The molecule has 3 heteroatoms. The molecule has 2 aromatic carbocycles. The maximum Gasteiger partial charge on any atom is 0.130 e. The Kier molecular flexibility index (Phi) is 5.91. The van der Waals surface area contributed by atoms with E-state index >= 15 is 0 Å². The van der Waals surface area contributed by atoms with Crippen molar-refractivity contribution in [2.24, 2.45) is 4.99 Å². The van der Waals surface area contributed by atoms with Crippen LogP contribution in [0.15, 0.2) is 41.4 Å². The maximum absolute atomic E-state index is 14.6. The van der Waals surface area contributed by atoms with Gasteiger partial charge in [0.25, 0.3) is 0 Å². The fraction of sp³-hybridized carbons (Fsp3) is 0.318. The van der Waals surface area contributed by atoms with Crippen molar-refractivity contribution in [2.75, 3.05) is 0 Å². The summed E-state index contributed by atoms with van der Waals surface area (Å²) in [5.41, 5.74) is 6.08. The molecule has 0 fully saturated rings. The third kappa shape index (κ3) is 4.31. The minimum Gasteiger partial charge on any atom is -0.206 e. The SMILES string of the molecule is CCCCCc1ccc(C2=Cc3ccc(N=C=S)cc3CC2)c(F)c1. The lowest BCUT2D eigenvalue weighted by molar-refractivity contribution is 0.618. The summed E-state index contributed by atoms with van der Waals surface area (Å²) in [4.78, 5) is 4.03. The van der Waals surface area contributed by atoms with Crippen molar-refractivity contribution in [2.45, 2.75) is 45.4 Å². The number of unbranched alkanes of at least 4 members (excludes halogenated alkanes) is 2. The molecule has 25 heavy (non-hydrogen) atoms. The largest absolute Gasteiger partial charge is 0.206 e. The molecule has 0 saturated heterocycles. The lowest BCUT2D eigenvalue weighted by Gasteiger charge is -2.18. The lowest BCUT2D eigenvalue weighted by Crippen LogP contribution is -2.01. The minimum absolute atomic E-state index is 0.106. The van der Waals surface area contributed by atoms with Crippen molar-refractivity contribution in [3.8, 4) is 0 Å². The van der Waals surface area contributed by atoms with Crippen molar-refractivity contribution < 1.29 is 4.39 Å². The van der Waals surface area contributed by atoms with Crippen LogP contribution >= 0.6 is 12.2 Å². The van der Waals surface area contributed by atoms with Gasteiger partial charge in [-0.05, 0) is 78.4 Å². The van der Waals surface area contributed by atoms with Crippen LogP contribution in [0.1, 0.15) is 54.9 Å². The molecule has 0 amide bonds. The number of isothiocyanates is 1. The number of halogens is 1. The Bertz CT molecular complexity index is 847. The molecule has 0 aliphatic heterocycles. The van der Waals surface area contributed by atoms with Gasteiger partial charge in [-0.3, -0.25) is 0 Å². The van der Waals surface area contributed by atoms with Gasteiger partial charge in [0.2, 0.25) is 0 Å². The first-order valence-electron chi connectivity index (χ1n) is 8.91. The Morgan fingerprint density at radius 2 is 2.00 bits per heavy atom. The Labute approximate surface area is 154 Å². The summed E-state index contributed by atoms with van der Waals surface area (Å²) in [5.74, 6) is -0.106. The molecule has 1 nitrogen and oxygen atoms in total. The summed E-state index contributed by atoms with van der Waals surface area (Å²) < 4.78 is 14.6. The van der Waals surface area contributed by atoms with Crippen LogP contribution in [0.3, 0.4) is 0 Å². The van der Waals surface area contributed by atoms with E-state index in [1.165, 1.54) is 18.4 Å². The number of hydrogen-bond donors (Lipinski definition) is 0. The van der Waals surface area contributed by atoms with Crippen LogP contribution in [0.5, 0.6) is 0 Å². The zero-order chi connectivity index (χ0) is 17.6. The van der Waals surface area contributed by atoms with Gasteiger partial charge >= 0.3 is 0 Å². The summed E-state index contributed by atoms with van der Waals surface area (Å²) in [6, 6.07) is 11.7. The number of nitrogens with zero attached hydrogens (tertiary/aromatic N) is 1. The van der Waals surface area contributed by atoms with Gasteiger partial charge in [0.1, 0.15) is 5.82 Å². The van der Waals surface area contributed by atoms with E-state index in [1.54, 1.807) is 6.07 Å². The molecule has 0 radical (unpaired) electrons. The normalized spacial score (nSPS) is 13.0. The second-order valence-electron chi connectivity index (χ2n) is 6.53. The molecule has 0 N–H and O–H groups in total. The number of hydrogen-bond acceptors (Lipinski definition) is 2. The zero-order valence-corrected chi connectivity index (χ0v) is 15.3. The van der Waals surface area contributed by atoms with Gasteiger partial charge in [0.15, 0.2) is 0 Å². The summed E-state index contributed by atoms with van der Waals surface area (Å²) in [6.45, 7) is 2.18. The van der Waals surface area contributed by atoms with Gasteiger partial charge in [0, 0.05) is 5.56 Å². The molecule has 3 rings (SSSR count). The van der Waals surface area contributed by atoms with Crippen LogP contribution in [-0.2, 0) is 12.8 Å². The van der Waals surface area contributed by atoms with Gasteiger partial charge in [-0.15, -0.1) is 0 Å². The highest BCUT2D eigenvalue weighted by Gasteiger charge is 2.15. The first-order chi connectivity index (χ1) is 12.2. The van der Waals surface area contributed by atoms with E-state index in [1.807, 2.05) is 24.3 Å². The van der Waals surface area contributed by atoms with E-state index in [0.29, 0.717) is 0 Å². The third-order valence-corrected chi connectivity index (χ3v) is 4.83. The van der Waals surface area contributed by atoms with Gasteiger partial charge in [-0.1, -0.05) is 44.0 Å². The number of thiocarbonyl (C=S) groups is 1. The average Bonchev–Trinajstić information content (AvgIpc) is 2.62. The first kappa shape index (κ1) is 17.7. The molecule has 0 heterocycles. The number of aryl methyl sites for hydroxylation is 2. The van der Waals surface area contributed by atoms with Crippen molar-refractivity contribution in [1.82, 2.24) is 0 Å². The quantitative estimate of drug-likeness (QED) is 0.317. The predicted octanol–water partition coefficient (Wildman–Crippen LogP) is 6.78. The van der Waals surface area contributed by atoms with E-state index in [0.717, 1.165) is 53.6 Å². The van der Waals surface area contributed by atoms with Crippen LogP contribution < -0.4 is 0 Å². The molecular formula is C22H22FNS. The van der Waals surface area contributed by atoms with E-state index in [4.69, 9.17) is 0 Å². The Balaban J connectivity index is 1.83. The van der Waals surface area contributed by atoms with Gasteiger partial charge in [-0.25, -0.2) is 4.39 Å². The molecule has 2 aromatic rings. The summed E-state index contributed by atoms with van der Waals surface area (Å²) in [5, 5.41) is 2.40. The Morgan fingerprint density at radius 3 is 2.76 bits per heavy atom. The smallest absolute Gasteiger partial charge is 0.130 e. The highest BCUT2D eigenvalue weighted by molar-refractivity contribution is 7.78. The number of aliphatic imine (C=N–C) groups is 1. The van der Waals surface area contributed by atoms with Gasteiger partial charge in [0.05, 0.1) is 10.8 Å². The molecular weight excluding hydrogens is 329 g/mol. The zero-order valence-electron chi connectivity index (χ0n) is 14.5. The average molecular weight is 351 g/mol. The number of fused-ring (bicyclic) bond motifs is 1. The molecule has 0 aromatic heterocycles. The van der Waals surface area contributed by atoms with Crippen LogP contribution in [0, 0.1) is 5.82 Å². The molecule has 128 valence electrons. The Morgan fingerprint density at radius 1 is 1.12 bits per heavy atom. The van der Waals surface area contributed by atoms with Gasteiger partial charge < -0.3 is 0 Å². The summed E-state index contributed by atoms with van der Waals surface area (Å²) >= 11 is 4.66. The third-order valence-electron chi connectivity index (χ3n) is 4.74. The second kappa shape index (κ2) is 8.33. The van der Waals surface area contributed by atoms with Crippen LogP contribution in [0.25, 0.3) is 11.6 Å². The number of benzene rings is 2. The molecule has 0 spiro atoms. The van der Waals surface area contributed by atoms with Crippen LogP contribution in [-0.4, -0.2) is 5.16 Å². The van der Waals surface area contributed by atoms with Crippen molar-refractivity contribution in [3.05, 3.63) is 64.5 Å². The molecule has 0 unspecified atom stereocenters. The second-order valence-corrected chi connectivity index (χ2v) is 6.71. The van der Waals surface area contributed by atoms with E-state index < -0.39 is 0 Å². The highest BCUT2D eigenvalue weighted by Crippen LogP contribution is 2.33. The predicted molar refractivity (Wildman–Crippen MR) is 107 cm³/mol. The molecule has 1 aliphatic carbocycles. The molecule has 0 atom stereocenters. The van der Waals surface area contributed by atoms with Crippen molar-refractivity contribution in [3.63, 3.8) is 0 Å². The van der Waals surface area contributed by atoms with Crippen molar-refractivity contribution >= 4 is 34.7 Å². The van der Waals surface area contributed by atoms with E-state index in [2.05, 4.69) is 41.4 Å². The fourth-order valence-corrected chi connectivity index (χ4v) is 3.47. The molecule has 0 bridgehead atoms. The lowest BCUT2D eigenvalue weighted by atomic mass is 9.88. The van der Waals surface area contributed by atoms with Gasteiger partial charge in [-0.2, -0.15) is 4.99 Å². The Hall–Kier alpha value is -2.09. The first-order valence-corrected chi connectivity index (χ1v) is 9.32. The monoisotopic (exact) mass is 351 g/mol. The molecule has 1 aliphatic rings.